The van der Waals surface area contributed by atoms with Gasteiger partial charge < -0.3 is 14.6 Å². The second kappa shape index (κ2) is 6.33. The fraction of sp³-hybridized carbons (Fsp3) is 0.583. The number of carbonyl (C=O) groups is 1. The number of aromatic amines is 1. The summed E-state index contributed by atoms with van der Waals surface area (Å²) in [5.74, 6) is 0.523. The van der Waals surface area contributed by atoms with Crippen LogP contribution < -0.4 is 10.5 Å². The van der Waals surface area contributed by atoms with Crippen LogP contribution in [0.25, 0.3) is 0 Å². The SMILES string of the molecule is COC(=O)CCN1CCN(c2cc(=O)[nH]cn2)CC1. The Kier molecular flexibility index (Phi) is 4.51. The van der Waals surface area contributed by atoms with Crippen LogP contribution in [-0.2, 0) is 9.53 Å². The van der Waals surface area contributed by atoms with Crippen LogP contribution in [0.15, 0.2) is 17.2 Å². The number of methoxy groups -OCH3 is 1. The number of H-pyrrole nitrogens is 1. The maximum absolute atomic E-state index is 11.2. The molecule has 1 saturated heterocycles. The van der Waals surface area contributed by atoms with Gasteiger partial charge >= 0.3 is 5.97 Å². The van der Waals surface area contributed by atoms with Gasteiger partial charge in [0, 0.05) is 38.8 Å². The van der Waals surface area contributed by atoms with Crippen molar-refractivity contribution in [1.29, 1.82) is 0 Å². The van der Waals surface area contributed by atoms with Gasteiger partial charge in [-0.25, -0.2) is 4.98 Å². The first-order valence-corrected chi connectivity index (χ1v) is 6.28. The second-order valence-corrected chi connectivity index (χ2v) is 4.42. The van der Waals surface area contributed by atoms with E-state index in [0.29, 0.717) is 18.8 Å². The highest BCUT2D eigenvalue weighted by Crippen LogP contribution is 2.10. The largest absolute Gasteiger partial charge is 0.469 e. The Labute approximate surface area is 111 Å². The molecule has 2 heterocycles. The molecule has 0 atom stereocenters. The zero-order valence-corrected chi connectivity index (χ0v) is 11.0. The number of nitrogens with one attached hydrogen (secondary N) is 1. The summed E-state index contributed by atoms with van der Waals surface area (Å²) in [4.78, 5) is 33.2. The number of hydrogen-bond acceptors (Lipinski definition) is 6. The standard InChI is InChI=1S/C12H18N4O3/c1-19-12(18)2-3-15-4-6-16(7-5-15)10-8-11(17)14-9-13-10/h8-9H,2-7H2,1H3,(H,13,14,17). The summed E-state index contributed by atoms with van der Waals surface area (Å²) in [5, 5.41) is 0. The number of esters is 1. The molecule has 19 heavy (non-hydrogen) atoms. The summed E-state index contributed by atoms with van der Waals surface area (Å²) in [7, 11) is 1.40. The van der Waals surface area contributed by atoms with E-state index < -0.39 is 0 Å². The van der Waals surface area contributed by atoms with Crippen molar-refractivity contribution in [1.82, 2.24) is 14.9 Å². The van der Waals surface area contributed by atoms with E-state index in [1.165, 1.54) is 19.5 Å². The fourth-order valence-corrected chi connectivity index (χ4v) is 2.08. The summed E-state index contributed by atoms with van der Waals surface area (Å²) >= 11 is 0. The number of anilines is 1. The molecule has 1 fully saturated rings. The van der Waals surface area contributed by atoms with Gasteiger partial charge in [-0.05, 0) is 0 Å². The molecule has 0 bridgehead atoms. The highest BCUT2D eigenvalue weighted by Gasteiger charge is 2.18. The van der Waals surface area contributed by atoms with Crippen molar-refractivity contribution in [2.24, 2.45) is 0 Å². The predicted octanol–water partition coefficient (Wildman–Crippen LogP) is -0.545. The molecular weight excluding hydrogens is 248 g/mol. The van der Waals surface area contributed by atoms with Gasteiger partial charge in [-0.2, -0.15) is 0 Å². The molecule has 1 aromatic rings. The minimum absolute atomic E-state index is 0.141. The van der Waals surface area contributed by atoms with E-state index in [-0.39, 0.29) is 11.5 Å². The number of rotatable bonds is 4. The quantitative estimate of drug-likeness (QED) is 0.737. The minimum atomic E-state index is -0.182. The highest BCUT2D eigenvalue weighted by atomic mass is 16.5. The van der Waals surface area contributed by atoms with Crippen LogP contribution in [0.1, 0.15) is 6.42 Å². The third-order valence-corrected chi connectivity index (χ3v) is 3.22. The van der Waals surface area contributed by atoms with Gasteiger partial charge in [-0.15, -0.1) is 0 Å². The zero-order valence-electron chi connectivity index (χ0n) is 11.0. The number of piperazine rings is 1. The first-order chi connectivity index (χ1) is 9.19. The Hall–Kier alpha value is -1.89. The van der Waals surface area contributed by atoms with E-state index >= 15 is 0 Å². The first kappa shape index (κ1) is 13.5. The van der Waals surface area contributed by atoms with E-state index in [2.05, 4.69) is 24.5 Å². The lowest BCUT2D eigenvalue weighted by Crippen LogP contribution is -2.47. The molecule has 0 unspecified atom stereocenters. The number of aromatic nitrogens is 2. The Morgan fingerprint density at radius 1 is 1.42 bits per heavy atom. The van der Waals surface area contributed by atoms with E-state index in [1.54, 1.807) is 0 Å². The molecule has 1 aliphatic heterocycles. The summed E-state index contributed by atoms with van der Waals surface area (Å²) in [5.41, 5.74) is -0.141. The molecular formula is C12H18N4O3. The van der Waals surface area contributed by atoms with Crippen molar-refractivity contribution in [2.75, 3.05) is 44.7 Å². The van der Waals surface area contributed by atoms with E-state index in [0.717, 1.165) is 26.2 Å². The molecule has 0 spiro atoms. The lowest BCUT2D eigenvalue weighted by atomic mass is 10.3. The number of nitrogens with zero attached hydrogens (tertiary/aromatic N) is 3. The average Bonchev–Trinajstić information content (AvgIpc) is 2.45. The smallest absolute Gasteiger partial charge is 0.306 e. The van der Waals surface area contributed by atoms with E-state index in [1.807, 2.05) is 0 Å². The van der Waals surface area contributed by atoms with Crippen LogP contribution in [0, 0.1) is 0 Å². The lowest BCUT2D eigenvalue weighted by molar-refractivity contribution is -0.141. The summed E-state index contributed by atoms with van der Waals surface area (Å²) < 4.78 is 4.62. The molecule has 0 amide bonds. The normalized spacial score (nSPS) is 16.4. The molecule has 0 aliphatic carbocycles. The molecule has 0 radical (unpaired) electrons. The maximum Gasteiger partial charge on any atom is 0.306 e. The van der Waals surface area contributed by atoms with Gasteiger partial charge in [-0.1, -0.05) is 0 Å². The molecule has 0 aromatic carbocycles. The van der Waals surface area contributed by atoms with Gasteiger partial charge in [0.25, 0.3) is 5.56 Å². The summed E-state index contributed by atoms with van der Waals surface area (Å²) in [6, 6.07) is 1.50. The van der Waals surface area contributed by atoms with Gasteiger partial charge in [-0.3, -0.25) is 14.5 Å². The van der Waals surface area contributed by atoms with Crippen LogP contribution in [0.4, 0.5) is 5.82 Å². The lowest BCUT2D eigenvalue weighted by Gasteiger charge is -2.35. The monoisotopic (exact) mass is 266 g/mol. The fourth-order valence-electron chi connectivity index (χ4n) is 2.08. The molecule has 0 saturated carbocycles. The maximum atomic E-state index is 11.2. The van der Waals surface area contributed by atoms with Crippen LogP contribution in [0.2, 0.25) is 0 Å². The zero-order chi connectivity index (χ0) is 13.7. The van der Waals surface area contributed by atoms with Gasteiger partial charge in [0.05, 0.1) is 19.9 Å². The molecule has 1 N–H and O–H groups in total. The highest BCUT2D eigenvalue weighted by molar-refractivity contribution is 5.69. The first-order valence-electron chi connectivity index (χ1n) is 6.28. The third kappa shape index (κ3) is 3.78. The Bertz CT molecular complexity index is 480. The minimum Gasteiger partial charge on any atom is -0.469 e. The van der Waals surface area contributed by atoms with Gasteiger partial charge in [0.2, 0.25) is 0 Å². The number of hydrogen-bond donors (Lipinski definition) is 1. The second-order valence-electron chi connectivity index (χ2n) is 4.42. The van der Waals surface area contributed by atoms with Crippen molar-refractivity contribution in [3.05, 3.63) is 22.7 Å². The number of ether oxygens (including phenoxy) is 1. The van der Waals surface area contributed by atoms with Crippen LogP contribution in [0.5, 0.6) is 0 Å². The topological polar surface area (TPSA) is 78.5 Å². The average molecular weight is 266 g/mol. The van der Waals surface area contributed by atoms with Crippen molar-refractivity contribution in [3.8, 4) is 0 Å². The van der Waals surface area contributed by atoms with Crippen LogP contribution >= 0.6 is 0 Å². The molecule has 7 heteroatoms. The van der Waals surface area contributed by atoms with Gasteiger partial charge in [0.1, 0.15) is 5.82 Å². The Balaban J connectivity index is 1.82. The molecule has 7 nitrogen and oxygen atoms in total. The van der Waals surface area contributed by atoms with Gasteiger partial charge in [0.15, 0.2) is 0 Å². The van der Waals surface area contributed by atoms with Crippen molar-refractivity contribution < 1.29 is 9.53 Å². The van der Waals surface area contributed by atoms with E-state index in [4.69, 9.17) is 0 Å². The van der Waals surface area contributed by atoms with Crippen LogP contribution in [-0.4, -0.2) is 60.7 Å². The van der Waals surface area contributed by atoms with E-state index in [9.17, 15) is 9.59 Å². The predicted molar refractivity (Wildman–Crippen MR) is 70.1 cm³/mol. The number of carbonyl (C=O) groups excluding carboxylic acids is 1. The molecule has 2 rings (SSSR count). The van der Waals surface area contributed by atoms with Crippen LogP contribution in [0.3, 0.4) is 0 Å². The Morgan fingerprint density at radius 2 is 2.16 bits per heavy atom. The molecule has 104 valence electrons. The molecule has 1 aliphatic rings. The van der Waals surface area contributed by atoms with Crippen molar-refractivity contribution in [2.45, 2.75) is 6.42 Å². The third-order valence-electron chi connectivity index (χ3n) is 3.22. The summed E-state index contributed by atoms with van der Waals surface area (Å²) in [6.45, 7) is 4.02. The summed E-state index contributed by atoms with van der Waals surface area (Å²) in [6.07, 6.45) is 1.83. The van der Waals surface area contributed by atoms with Crippen molar-refractivity contribution >= 4 is 11.8 Å². The van der Waals surface area contributed by atoms with Crippen molar-refractivity contribution in [3.63, 3.8) is 0 Å². The molecule has 1 aromatic heterocycles. The Morgan fingerprint density at radius 3 is 2.79 bits per heavy atom.